The molecular weight excluding hydrogens is 242 g/mol. The van der Waals surface area contributed by atoms with Gasteiger partial charge < -0.3 is 22.1 Å². The van der Waals surface area contributed by atoms with Crippen molar-refractivity contribution in [1.29, 1.82) is 0 Å². The first kappa shape index (κ1) is 21.5. The number of carboxylic acids is 1. The van der Waals surface area contributed by atoms with Crippen LogP contribution in [-0.4, -0.2) is 46.0 Å². The molecule has 7 N–H and O–H groups in total. The van der Waals surface area contributed by atoms with Crippen molar-refractivity contribution < 1.29 is 15.4 Å². The van der Waals surface area contributed by atoms with Gasteiger partial charge in [0.1, 0.15) is 5.54 Å². The maximum Gasteiger partial charge on any atom is 0.324 e. The smallest absolute Gasteiger partial charge is 0.324 e. The average Bonchev–Trinajstić information content (AvgIpc) is 2.16. The molecule has 1 unspecified atom stereocenters. The Morgan fingerprint density at radius 3 is 2.41 bits per heavy atom. The summed E-state index contributed by atoms with van der Waals surface area (Å²) in [6.07, 6.45) is 0.425. The van der Waals surface area contributed by atoms with Crippen molar-refractivity contribution in [3.63, 3.8) is 0 Å². The van der Waals surface area contributed by atoms with Gasteiger partial charge in [-0.05, 0) is 13.3 Å². The van der Waals surface area contributed by atoms with E-state index < -0.39 is 11.5 Å². The molecule has 7 heteroatoms. The van der Waals surface area contributed by atoms with Crippen molar-refractivity contribution >= 4 is 23.6 Å². The first-order valence-electron chi connectivity index (χ1n) is 4.79. The lowest BCUT2D eigenvalue weighted by atomic mass is 10.0. The molecule has 0 heterocycles. The molecule has 0 aliphatic heterocycles. The van der Waals surface area contributed by atoms with Gasteiger partial charge in [-0.15, -0.1) is 0 Å². The zero-order valence-electron chi connectivity index (χ0n) is 9.69. The summed E-state index contributed by atoms with van der Waals surface area (Å²) in [5.41, 5.74) is 9.94. The van der Waals surface area contributed by atoms with Gasteiger partial charge in [0, 0.05) is 18.1 Å². The van der Waals surface area contributed by atoms with Crippen molar-refractivity contribution in [2.24, 2.45) is 16.5 Å². The molecule has 17 heavy (non-hydrogen) atoms. The van der Waals surface area contributed by atoms with Crippen LogP contribution in [0.5, 0.6) is 0 Å². The summed E-state index contributed by atoms with van der Waals surface area (Å²) in [4.78, 5) is 14.8. The minimum absolute atomic E-state index is 0. The molecule has 0 aromatic heterocycles. The second kappa shape index (κ2) is 10.4. The summed E-state index contributed by atoms with van der Waals surface area (Å²) in [5, 5.41) is 8.89. The summed E-state index contributed by atoms with van der Waals surface area (Å²) < 4.78 is 0. The van der Waals surface area contributed by atoms with Crippen LogP contribution in [0.15, 0.2) is 4.99 Å². The van der Waals surface area contributed by atoms with Crippen molar-refractivity contribution in [3.05, 3.63) is 0 Å². The molecule has 1 atom stereocenters. The minimum Gasteiger partial charge on any atom is -0.480 e. The van der Waals surface area contributed by atoms with Crippen molar-refractivity contribution in [2.45, 2.75) is 33.2 Å². The number of amidine groups is 1. The normalized spacial score (nSPS) is 14.2. The van der Waals surface area contributed by atoms with Gasteiger partial charge in [0.05, 0.1) is 5.84 Å². The maximum absolute atomic E-state index is 10.8. The Bertz CT molecular complexity index is 245. The molecule has 0 radical (unpaired) electrons. The Kier molecular flexibility index (Phi) is 13.1. The molecule has 0 aromatic carbocycles. The third-order valence-corrected chi connectivity index (χ3v) is 3.20. The van der Waals surface area contributed by atoms with E-state index in [0.717, 1.165) is 5.75 Å². The summed E-state index contributed by atoms with van der Waals surface area (Å²) in [6.45, 7) is 4.10. The molecule has 0 rings (SSSR count). The lowest BCUT2D eigenvalue weighted by Gasteiger charge is -2.21. The number of aliphatic carboxylic acids is 1. The van der Waals surface area contributed by atoms with Gasteiger partial charge in [-0.2, -0.15) is 11.8 Å². The number of hydrogen-bond acceptors (Lipinski definition) is 4. The van der Waals surface area contributed by atoms with Crippen LogP contribution in [0.25, 0.3) is 0 Å². The standard InChI is InChI=1S/C9H19N3O2S.CH4.H2O/c1-3-9(11,8(13)14)6-15-5-4-12-7(2)10;;/h3-6,11H2,1-2H3,(H2,10,12)(H,13,14);1H4;1H2. The van der Waals surface area contributed by atoms with Gasteiger partial charge in [0.2, 0.25) is 0 Å². The molecule has 0 saturated carbocycles. The third kappa shape index (κ3) is 8.96. The molecule has 104 valence electrons. The van der Waals surface area contributed by atoms with Gasteiger partial charge in [0.15, 0.2) is 0 Å². The van der Waals surface area contributed by atoms with E-state index in [2.05, 4.69) is 4.99 Å². The lowest BCUT2D eigenvalue weighted by molar-refractivity contribution is -0.142. The fraction of sp³-hybridized carbons (Fsp3) is 0.800. The van der Waals surface area contributed by atoms with Gasteiger partial charge in [-0.25, -0.2) is 0 Å². The molecule has 0 aromatic rings. The highest BCUT2D eigenvalue weighted by atomic mass is 32.2. The van der Waals surface area contributed by atoms with Crippen LogP contribution < -0.4 is 11.5 Å². The molecule has 0 bridgehead atoms. The van der Waals surface area contributed by atoms with Crippen LogP contribution >= 0.6 is 11.8 Å². The van der Waals surface area contributed by atoms with E-state index in [1.165, 1.54) is 11.8 Å². The van der Waals surface area contributed by atoms with E-state index in [1.807, 2.05) is 0 Å². The number of aliphatic imine (C=N–C) groups is 1. The van der Waals surface area contributed by atoms with Crippen LogP contribution in [0.1, 0.15) is 27.7 Å². The molecule has 0 amide bonds. The Hall–Kier alpha value is -0.790. The summed E-state index contributed by atoms with van der Waals surface area (Å²) in [5.74, 6) is 0.734. The van der Waals surface area contributed by atoms with E-state index in [4.69, 9.17) is 16.6 Å². The molecule has 0 saturated heterocycles. The fourth-order valence-corrected chi connectivity index (χ4v) is 1.91. The van der Waals surface area contributed by atoms with E-state index in [9.17, 15) is 4.79 Å². The highest BCUT2D eigenvalue weighted by Gasteiger charge is 2.31. The van der Waals surface area contributed by atoms with Crippen LogP contribution in [0, 0.1) is 0 Å². The monoisotopic (exact) mass is 267 g/mol. The van der Waals surface area contributed by atoms with Crippen molar-refractivity contribution in [1.82, 2.24) is 0 Å². The topological polar surface area (TPSA) is 133 Å². The molecule has 0 fully saturated rings. The number of hydrogen-bond donors (Lipinski definition) is 3. The van der Waals surface area contributed by atoms with Crippen LogP contribution in [0.4, 0.5) is 0 Å². The van der Waals surface area contributed by atoms with Crippen molar-refractivity contribution in [3.8, 4) is 0 Å². The number of rotatable bonds is 7. The second-order valence-electron chi connectivity index (χ2n) is 3.39. The Balaban J connectivity index is -0.000000980. The lowest BCUT2D eigenvalue weighted by Crippen LogP contribution is -2.49. The van der Waals surface area contributed by atoms with Gasteiger partial charge in [0.25, 0.3) is 0 Å². The second-order valence-corrected chi connectivity index (χ2v) is 4.50. The highest BCUT2D eigenvalue weighted by Crippen LogP contribution is 2.14. The summed E-state index contributed by atoms with van der Waals surface area (Å²) in [6, 6.07) is 0. The Labute approximate surface area is 107 Å². The predicted molar refractivity (Wildman–Crippen MR) is 74.7 cm³/mol. The third-order valence-electron chi connectivity index (χ3n) is 2.01. The Morgan fingerprint density at radius 1 is 1.53 bits per heavy atom. The van der Waals surface area contributed by atoms with E-state index in [1.54, 1.807) is 13.8 Å². The molecule has 0 aliphatic rings. The maximum atomic E-state index is 10.8. The van der Waals surface area contributed by atoms with Crippen LogP contribution in [0.3, 0.4) is 0 Å². The van der Waals surface area contributed by atoms with Gasteiger partial charge >= 0.3 is 5.97 Å². The predicted octanol–water partition coefficient (Wildman–Crippen LogP) is 0.100. The molecule has 6 nitrogen and oxygen atoms in total. The first-order valence-corrected chi connectivity index (χ1v) is 5.94. The van der Waals surface area contributed by atoms with E-state index in [-0.39, 0.29) is 12.9 Å². The van der Waals surface area contributed by atoms with E-state index >= 15 is 0 Å². The highest BCUT2D eigenvalue weighted by molar-refractivity contribution is 7.99. The largest absolute Gasteiger partial charge is 0.480 e. The molecular formula is C10H25N3O3S. The zero-order chi connectivity index (χ0) is 11.9. The number of nitrogens with two attached hydrogens (primary N) is 2. The van der Waals surface area contributed by atoms with E-state index in [0.29, 0.717) is 24.6 Å². The van der Waals surface area contributed by atoms with Crippen molar-refractivity contribution in [2.75, 3.05) is 18.1 Å². The number of thioether (sulfide) groups is 1. The SMILES string of the molecule is C.CCC(N)(CSCCN=C(C)N)C(=O)O.O. The number of carbonyl (C=O) groups is 1. The Morgan fingerprint density at radius 2 is 2.06 bits per heavy atom. The summed E-state index contributed by atoms with van der Waals surface area (Å²) in [7, 11) is 0. The van der Waals surface area contributed by atoms with Crippen LogP contribution in [0.2, 0.25) is 0 Å². The van der Waals surface area contributed by atoms with Gasteiger partial charge in [-0.1, -0.05) is 14.4 Å². The zero-order valence-corrected chi connectivity index (χ0v) is 10.5. The minimum atomic E-state index is -1.12. The molecule has 0 spiro atoms. The van der Waals surface area contributed by atoms with Crippen LogP contribution in [-0.2, 0) is 4.79 Å². The first-order chi connectivity index (χ1) is 6.92. The molecule has 0 aliphatic carbocycles. The average molecular weight is 267 g/mol. The van der Waals surface area contributed by atoms with Gasteiger partial charge in [-0.3, -0.25) is 9.79 Å². The summed E-state index contributed by atoms with van der Waals surface area (Å²) >= 11 is 1.49. The number of carboxylic acid groups (broad SMARTS) is 1. The number of nitrogens with zero attached hydrogens (tertiary/aromatic N) is 1. The fourth-order valence-electron chi connectivity index (χ4n) is 0.856. The quantitative estimate of drug-likeness (QED) is 0.342.